The monoisotopic (exact) mass is 433 g/mol. The van der Waals surface area contributed by atoms with Crippen LogP contribution in [0, 0.1) is 6.92 Å². The molecule has 0 aliphatic rings. The van der Waals surface area contributed by atoms with Crippen molar-refractivity contribution in [3.8, 4) is 11.6 Å². The topological polar surface area (TPSA) is 111 Å². The first-order chi connectivity index (χ1) is 15.5. The van der Waals surface area contributed by atoms with Crippen LogP contribution in [0.1, 0.15) is 23.2 Å². The minimum atomic E-state index is -1.42. The summed E-state index contributed by atoms with van der Waals surface area (Å²) in [4.78, 5) is 25.6. The van der Waals surface area contributed by atoms with Crippen molar-refractivity contribution in [3.05, 3.63) is 72.1 Å². The molecule has 0 radical (unpaired) electrons. The second-order valence-electron chi connectivity index (χ2n) is 7.11. The third-order valence-electron chi connectivity index (χ3n) is 5.23. The highest BCUT2D eigenvalue weighted by Crippen LogP contribution is 2.34. The third-order valence-corrected chi connectivity index (χ3v) is 5.23. The van der Waals surface area contributed by atoms with Crippen molar-refractivity contribution in [2.75, 3.05) is 19.5 Å². The summed E-state index contributed by atoms with van der Waals surface area (Å²) < 4.78 is 12.4. The van der Waals surface area contributed by atoms with Crippen LogP contribution in [0.5, 0.6) is 11.6 Å². The molecule has 0 fully saturated rings. The molecule has 0 aliphatic heterocycles. The quantitative estimate of drug-likeness (QED) is 0.461. The van der Waals surface area contributed by atoms with Crippen LogP contribution in [0.4, 0.5) is 5.69 Å². The predicted octanol–water partition coefficient (Wildman–Crippen LogP) is 2.87. The average Bonchev–Trinajstić information content (AvgIpc) is 3.09. The molecule has 9 heteroatoms. The summed E-state index contributed by atoms with van der Waals surface area (Å²) in [6, 6.07) is 10.5. The Kier molecular flexibility index (Phi) is 6.00. The maximum atomic E-state index is 12.9. The molecule has 1 unspecified atom stereocenters. The summed E-state index contributed by atoms with van der Waals surface area (Å²) >= 11 is 0. The van der Waals surface area contributed by atoms with E-state index in [4.69, 9.17) is 9.47 Å². The molecule has 1 amide bonds. The molecule has 0 aliphatic carbocycles. The number of amides is 1. The summed E-state index contributed by atoms with van der Waals surface area (Å²) in [6.07, 6.45) is 3.46. The number of aromatic nitrogens is 4. The lowest BCUT2D eigenvalue weighted by molar-refractivity contribution is -0.124. The summed E-state index contributed by atoms with van der Waals surface area (Å²) in [5.41, 5.74) is 2.53. The Balaban J connectivity index is 1.74. The van der Waals surface area contributed by atoms with Gasteiger partial charge in [-0.05, 0) is 37.3 Å². The highest BCUT2D eigenvalue weighted by Gasteiger charge is 2.26. The number of aliphatic hydroxyl groups excluding tert-OH is 1. The van der Waals surface area contributed by atoms with Gasteiger partial charge in [0.25, 0.3) is 5.91 Å². The fourth-order valence-electron chi connectivity index (χ4n) is 3.66. The van der Waals surface area contributed by atoms with Gasteiger partial charge in [-0.1, -0.05) is 0 Å². The first kappa shape index (κ1) is 21.3. The van der Waals surface area contributed by atoms with Gasteiger partial charge in [-0.25, -0.2) is 15.0 Å². The van der Waals surface area contributed by atoms with Gasteiger partial charge < -0.3 is 24.5 Å². The van der Waals surface area contributed by atoms with E-state index in [2.05, 4.69) is 20.3 Å². The number of nitrogens with zero attached hydrogens (tertiary/aromatic N) is 4. The molecule has 164 valence electrons. The normalized spacial score (nSPS) is 11.9. The lowest BCUT2D eigenvalue weighted by atomic mass is 10.0. The van der Waals surface area contributed by atoms with Gasteiger partial charge in [-0.15, -0.1) is 0 Å². The number of nitrogens with one attached hydrogen (secondary N) is 1. The number of pyridine rings is 1. The number of carbonyl (C=O) groups excluding carboxylic acids is 1. The minimum Gasteiger partial charge on any atom is -0.497 e. The van der Waals surface area contributed by atoms with E-state index in [9.17, 15) is 9.90 Å². The average molecular weight is 433 g/mol. The number of hydrogen-bond acceptors (Lipinski definition) is 7. The maximum absolute atomic E-state index is 12.9. The molecule has 0 saturated carbocycles. The molecule has 32 heavy (non-hydrogen) atoms. The zero-order valence-corrected chi connectivity index (χ0v) is 17.9. The van der Waals surface area contributed by atoms with Gasteiger partial charge in [0.2, 0.25) is 5.88 Å². The van der Waals surface area contributed by atoms with Gasteiger partial charge in [0.1, 0.15) is 11.6 Å². The first-order valence-electron chi connectivity index (χ1n) is 9.93. The molecular weight excluding hydrogens is 410 g/mol. The zero-order chi connectivity index (χ0) is 22.7. The molecule has 4 rings (SSSR count). The number of carbonyl (C=O) groups is 1. The fraction of sp³-hybridized carbons (Fsp3) is 0.217. The lowest BCUT2D eigenvalue weighted by Crippen LogP contribution is -2.21. The number of aliphatic hydroxyl groups is 1. The molecule has 2 N–H and O–H groups in total. The Bertz CT molecular complexity index is 1260. The van der Waals surface area contributed by atoms with Gasteiger partial charge in [-0.3, -0.25) is 4.79 Å². The van der Waals surface area contributed by atoms with E-state index in [1.165, 1.54) is 13.3 Å². The Morgan fingerprint density at radius 3 is 2.59 bits per heavy atom. The number of fused-ring (bicyclic) bond motifs is 1. The van der Waals surface area contributed by atoms with Gasteiger partial charge in [-0.2, -0.15) is 0 Å². The van der Waals surface area contributed by atoms with E-state index in [-0.39, 0.29) is 0 Å². The maximum Gasteiger partial charge on any atom is 0.257 e. The summed E-state index contributed by atoms with van der Waals surface area (Å²) in [7, 11) is 3.06. The van der Waals surface area contributed by atoms with E-state index in [1.54, 1.807) is 37.7 Å². The van der Waals surface area contributed by atoms with Crippen LogP contribution in [-0.4, -0.2) is 44.8 Å². The Morgan fingerprint density at radius 1 is 1.09 bits per heavy atom. The van der Waals surface area contributed by atoms with Crippen molar-refractivity contribution in [3.63, 3.8) is 0 Å². The predicted molar refractivity (Wildman–Crippen MR) is 119 cm³/mol. The van der Waals surface area contributed by atoms with Crippen LogP contribution < -0.4 is 14.8 Å². The molecule has 0 bridgehead atoms. The third kappa shape index (κ3) is 4.10. The van der Waals surface area contributed by atoms with E-state index in [1.807, 2.05) is 29.7 Å². The van der Waals surface area contributed by atoms with E-state index in [0.29, 0.717) is 40.6 Å². The molecule has 0 saturated heterocycles. The van der Waals surface area contributed by atoms with Gasteiger partial charge in [0.15, 0.2) is 6.10 Å². The molecule has 1 aromatic carbocycles. The van der Waals surface area contributed by atoms with E-state index in [0.717, 1.165) is 11.2 Å². The van der Waals surface area contributed by atoms with Crippen molar-refractivity contribution in [2.45, 2.75) is 19.6 Å². The van der Waals surface area contributed by atoms with E-state index < -0.39 is 12.0 Å². The second-order valence-corrected chi connectivity index (χ2v) is 7.11. The van der Waals surface area contributed by atoms with Crippen LogP contribution in [0.15, 0.2) is 55.0 Å². The molecule has 3 heterocycles. The molecule has 3 aromatic heterocycles. The molecule has 9 nitrogen and oxygen atoms in total. The highest BCUT2D eigenvalue weighted by molar-refractivity contribution is 5.99. The summed E-state index contributed by atoms with van der Waals surface area (Å²) in [5, 5.41) is 14.5. The summed E-state index contributed by atoms with van der Waals surface area (Å²) in [5.74, 6) is 1.04. The number of hydrogen-bond donors (Lipinski definition) is 2. The highest BCUT2D eigenvalue weighted by atomic mass is 16.5. The molecule has 0 spiro atoms. The largest absolute Gasteiger partial charge is 0.497 e. The fourth-order valence-corrected chi connectivity index (χ4v) is 3.66. The molecule has 4 aromatic rings. The van der Waals surface area contributed by atoms with Crippen LogP contribution in [0.2, 0.25) is 0 Å². The number of rotatable bonds is 7. The molecular formula is C23H23N5O4. The summed E-state index contributed by atoms with van der Waals surface area (Å²) in [6.45, 7) is 2.25. The van der Waals surface area contributed by atoms with Crippen molar-refractivity contribution in [1.29, 1.82) is 0 Å². The standard InChI is InChI=1S/C23H23N5O4/c1-14-21(22(29)23(30)27-15-7-10-26-20(11-15)32-3)17-12-16(31-2)5-6-18(17)28(14)13-19-24-8-4-9-25-19/h4-12,22,29H,13H2,1-3H3,(H,26,27,30). The minimum absolute atomic E-state index is 0.359. The van der Waals surface area contributed by atoms with Gasteiger partial charge in [0, 0.05) is 52.5 Å². The van der Waals surface area contributed by atoms with E-state index >= 15 is 0 Å². The second kappa shape index (κ2) is 9.03. The lowest BCUT2D eigenvalue weighted by Gasteiger charge is -2.13. The SMILES string of the molecule is COc1ccc2c(c1)c(C(O)C(=O)Nc1ccnc(OC)c1)c(C)n2Cc1ncccn1. The smallest absolute Gasteiger partial charge is 0.257 e. The van der Waals surface area contributed by atoms with Crippen LogP contribution in [0.3, 0.4) is 0 Å². The zero-order valence-electron chi connectivity index (χ0n) is 17.9. The molecule has 1 atom stereocenters. The Labute approximate surface area is 184 Å². The van der Waals surface area contributed by atoms with Crippen LogP contribution in [0.25, 0.3) is 10.9 Å². The number of ether oxygens (including phenoxy) is 2. The van der Waals surface area contributed by atoms with Gasteiger partial charge in [0.05, 0.1) is 20.8 Å². The van der Waals surface area contributed by atoms with Crippen LogP contribution in [-0.2, 0) is 11.3 Å². The number of methoxy groups -OCH3 is 2. The van der Waals surface area contributed by atoms with Crippen molar-refractivity contribution in [2.24, 2.45) is 0 Å². The van der Waals surface area contributed by atoms with Crippen molar-refractivity contribution < 1.29 is 19.4 Å². The Hall–Kier alpha value is -3.98. The van der Waals surface area contributed by atoms with Crippen molar-refractivity contribution in [1.82, 2.24) is 19.5 Å². The van der Waals surface area contributed by atoms with Crippen molar-refractivity contribution >= 4 is 22.5 Å². The van der Waals surface area contributed by atoms with Crippen LogP contribution >= 0.6 is 0 Å². The Morgan fingerprint density at radius 2 is 1.88 bits per heavy atom. The van der Waals surface area contributed by atoms with Gasteiger partial charge >= 0.3 is 0 Å². The first-order valence-corrected chi connectivity index (χ1v) is 9.93. The number of anilines is 1. The number of benzene rings is 1.